The molecule has 2 aliphatic heterocycles. The number of carbonyl (C=O) groups excluding carboxylic acids is 1. The number of sulfonamides is 1. The lowest BCUT2D eigenvalue weighted by Crippen LogP contribution is -3.16. The number of hydrogen-bond donors (Lipinski definition) is 1. The van der Waals surface area contributed by atoms with Crippen molar-refractivity contribution in [2.24, 2.45) is 0 Å². The fourth-order valence-corrected chi connectivity index (χ4v) is 5.27. The number of hydrogen-bond acceptors (Lipinski definition) is 4. The summed E-state index contributed by atoms with van der Waals surface area (Å²) in [6, 6.07) is 5.01. The van der Waals surface area contributed by atoms with Gasteiger partial charge in [-0.25, -0.2) is 12.8 Å². The molecule has 0 radical (unpaired) electrons. The maximum absolute atomic E-state index is 13.4. The standard InChI is InChI=1S/C18H26FN3O4S/c1-14-11-20(12-15(2)26-14)13-18(23)21-6-8-22(9-7-21)27(24,25)17-5-3-4-16(19)10-17/h3-5,10,14-15H,6-9,11-13H2,1-2H3/p+1/t14-,15+. The van der Waals surface area contributed by atoms with Gasteiger partial charge in [-0.15, -0.1) is 0 Å². The van der Waals surface area contributed by atoms with E-state index in [2.05, 4.69) is 0 Å². The summed E-state index contributed by atoms with van der Waals surface area (Å²) in [5, 5.41) is 0. The Bertz CT molecular complexity index is 771. The minimum atomic E-state index is -3.74. The van der Waals surface area contributed by atoms with Crippen LogP contribution in [0.15, 0.2) is 29.2 Å². The third-order valence-corrected chi connectivity index (χ3v) is 6.94. The molecule has 1 N–H and O–H groups in total. The summed E-state index contributed by atoms with van der Waals surface area (Å²) in [4.78, 5) is 15.5. The van der Waals surface area contributed by atoms with Gasteiger partial charge in [0.05, 0.1) is 4.90 Å². The average Bonchev–Trinajstić information content (AvgIpc) is 2.61. The van der Waals surface area contributed by atoms with Gasteiger partial charge in [0.15, 0.2) is 6.54 Å². The van der Waals surface area contributed by atoms with Crippen molar-refractivity contribution in [3.05, 3.63) is 30.1 Å². The molecule has 1 amide bonds. The highest BCUT2D eigenvalue weighted by Crippen LogP contribution is 2.18. The van der Waals surface area contributed by atoms with Gasteiger partial charge in [-0.2, -0.15) is 4.31 Å². The van der Waals surface area contributed by atoms with Crippen molar-refractivity contribution in [3.8, 4) is 0 Å². The molecule has 3 rings (SSSR count). The number of amides is 1. The minimum Gasteiger partial charge on any atom is -0.364 e. The first kappa shape index (κ1) is 20.2. The van der Waals surface area contributed by atoms with Crippen LogP contribution in [0.4, 0.5) is 4.39 Å². The van der Waals surface area contributed by atoms with E-state index in [1.54, 1.807) is 4.90 Å². The molecular formula is C18H27FN3O4S+. The molecule has 2 aliphatic rings. The van der Waals surface area contributed by atoms with Crippen LogP contribution in [0.2, 0.25) is 0 Å². The van der Waals surface area contributed by atoms with E-state index in [1.165, 1.54) is 27.4 Å². The van der Waals surface area contributed by atoms with Crippen molar-refractivity contribution < 1.29 is 27.2 Å². The third kappa shape index (κ3) is 4.84. The topological polar surface area (TPSA) is 71.4 Å². The van der Waals surface area contributed by atoms with Gasteiger partial charge in [0.25, 0.3) is 5.91 Å². The zero-order chi connectivity index (χ0) is 19.6. The number of nitrogens with zero attached hydrogens (tertiary/aromatic N) is 2. The Kier molecular flexibility index (Phi) is 6.15. The molecule has 2 saturated heterocycles. The van der Waals surface area contributed by atoms with Crippen LogP contribution in [0.3, 0.4) is 0 Å². The summed E-state index contributed by atoms with van der Waals surface area (Å²) in [6.45, 7) is 7.14. The molecule has 3 atom stereocenters. The summed E-state index contributed by atoms with van der Waals surface area (Å²) in [5.41, 5.74) is 0. The van der Waals surface area contributed by atoms with Crippen LogP contribution in [0.1, 0.15) is 13.8 Å². The van der Waals surface area contributed by atoms with Crippen LogP contribution in [-0.4, -0.2) is 81.6 Å². The van der Waals surface area contributed by atoms with E-state index in [0.717, 1.165) is 19.2 Å². The lowest BCUT2D eigenvalue weighted by atomic mass is 10.2. The van der Waals surface area contributed by atoms with Gasteiger partial charge in [0, 0.05) is 26.2 Å². The van der Waals surface area contributed by atoms with Crippen molar-refractivity contribution in [3.63, 3.8) is 0 Å². The molecule has 1 aromatic carbocycles. The molecule has 0 spiro atoms. The summed E-state index contributed by atoms with van der Waals surface area (Å²) >= 11 is 0. The first-order valence-electron chi connectivity index (χ1n) is 9.28. The molecule has 9 heteroatoms. The number of quaternary nitrogens is 1. The second-order valence-corrected chi connectivity index (χ2v) is 9.27. The van der Waals surface area contributed by atoms with E-state index in [1.807, 2.05) is 13.8 Å². The molecule has 0 aromatic heterocycles. The van der Waals surface area contributed by atoms with Crippen molar-refractivity contribution >= 4 is 15.9 Å². The Labute approximate surface area is 159 Å². The van der Waals surface area contributed by atoms with Gasteiger partial charge in [0.2, 0.25) is 10.0 Å². The number of morpholine rings is 1. The zero-order valence-electron chi connectivity index (χ0n) is 15.7. The second-order valence-electron chi connectivity index (χ2n) is 7.33. The molecule has 0 saturated carbocycles. The number of halogens is 1. The number of nitrogens with one attached hydrogen (secondary N) is 1. The molecular weight excluding hydrogens is 373 g/mol. The van der Waals surface area contributed by atoms with E-state index >= 15 is 0 Å². The van der Waals surface area contributed by atoms with Crippen LogP contribution < -0.4 is 4.90 Å². The summed E-state index contributed by atoms with van der Waals surface area (Å²) in [7, 11) is -3.74. The first-order chi connectivity index (χ1) is 12.8. The van der Waals surface area contributed by atoms with Crippen LogP contribution in [0, 0.1) is 5.82 Å². The normalized spacial score (nSPS) is 27.5. The molecule has 1 unspecified atom stereocenters. The maximum atomic E-state index is 13.4. The van der Waals surface area contributed by atoms with E-state index < -0.39 is 15.8 Å². The Morgan fingerprint density at radius 2 is 1.81 bits per heavy atom. The average molecular weight is 400 g/mol. The summed E-state index contributed by atoms with van der Waals surface area (Å²) < 4.78 is 45.7. The number of rotatable bonds is 4. The lowest BCUT2D eigenvalue weighted by Gasteiger charge is -2.36. The Morgan fingerprint density at radius 3 is 2.41 bits per heavy atom. The highest BCUT2D eigenvalue weighted by Gasteiger charge is 2.33. The molecule has 7 nitrogen and oxygen atoms in total. The van der Waals surface area contributed by atoms with Crippen LogP contribution in [-0.2, 0) is 19.6 Å². The SMILES string of the molecule is C[C@@H]1C[NH+](CC(=O)N2CCN(S(=O)(=O)c3cccc(F)c3)CC2)C[C@H](C)O1. The van der Waals surface area contributed by atoms with E-state index in [4.69, 9.17) is 4.74 Å². The van der Waals surface area contributed by atoms with E-state index in [-0.39, 0.29) is 36.1 Å². The van der Waals surface area contributed by atoms with Gasteiger partial charge >= 0.3 is 0 Å². The van der Waals surface area contributed by atoms with Crippen molar-refractivity contribution in [1.29, 1.82) is 0 Å². The van der Waals surface area contributed by atoms with Crippen molar-refractivity contribution in [2.45, 2.75) is 31.0 Å². The Hall–Kier alpha value is -1.55. The zero-order valence-corrected chi connectivity index (χ0v) is 16.5. The van der Waals surface area contributed by atoms with Gasteiger partial charge in [-0.05, 0) is 32.0 Å². The smallest absolute Gasteiger partial charge is 0.277 e. The molecule has 2 heterocycles. The lowest BCUT2D eigenvalue weighted by molar-refractivity contribution is -0.907. The van der Waals surface area contributed by atoms with Crippen LogP contribution >= 0.6 is 0 Å². The highest BCUT2D eigenvalue weighted by molar-refractivity contribution is 7.89. The summed E-state index contributed by atoms with van der Waals surface area (Å²) in [6.07, 6.45) is 0.259. The fraction of sp³-hybridized carbons (Fsp3) is 0.611. The van der Waals surface area contributed by atoms with Crippen molar-refractivity contribution in [1.82, 2.24) is 9.21 Å². The highest BCUT2D eigenvalue weighted by atomic mass is 32.2. The van der Waals surface area contributed by atoms with E-state index in [9.17, 15) is 17.6 Å². The Morgan fingerprint density at radius 1 is 1.19 bits per heavy atom. The van der Waals surface area contributed by atoms with Crippen LogP contribution in [0.5, 0.6) is 0 Å². The predicted molar refractivity (Wildman–Crippen MR) is 97.3 cm³/mol. The largest absolute Gasteiger partial charge is 0.364 e. The van der Waals surface area contributed by atoms with Gasteiger partial charge in [-0.1, -0.05) is 6.07 Å². The first-order valence-corrected chi connectivity index (χ1v) is 10.7. The van der Waals surface area contributed by atoms with Gasteiger partial charge in [-0.3, -0.25) is 4.79 Å². The molecule has 1 aromatic rings. The van der Waals surface area contributed by atoms with Gasteiger partial charge < -0.3 is 14.5 Å². The molecule has 0 aliphatic carbocycles. The van der Waals surface area contributed by atoms with Crippen molar-refractivity contribution in [2.75, 3.05) is 45.8 Å². The van der Waals surface area contributed by atoms with Crippen LogP contribution in [0.25, 0.3) is 0 Å². The number of piperazine rings is 1. The predicted octanol–water partition coefficient (Wildman–Crippen LogP) is -0.649. The number of benzene rings is 1. The Balaban J connectivity index is 1.56. The monoisotopic (exact) mass is 400 g/mol. The number of carbonyl (C=O) groups is 1. The summed E-state index contributed by atoms with van der Waals surface area (Å²) in [5.74, 6) is -0.545. The molecule has 150 valence electrons. The molecule has 0 bridgehead atoms. The van der Waals surface area contributed by atoms with E-state index in [0.29, 0.717) is 19.6 Å². The maximum Gasteiger partial charge on any atom is 0.277 e. The minimum absolute atomic E-state index is 0.0362. The fourth-order valence-electron chi connectivity index (χ4n) is 3.81. The third-order valence-electron chi connectivity index (χ3n) is 5.04. The second kappa shape index (κ2) is 8.22. The van der Waals surface area contributed by atoms with Gasteiger partial charge in [0.1, 0.15) is 31.1 Å². The molecule has 2 fully saturated rings. The number of ether oxygens (including phenoxy) is 1. The quantitative estimate of drug-likeness (QED) is 0.729. The molecule has 27 heavy (non-hydrogen) atoms.